The number of nitrogens with one attached hydrogen (secondary N) is 2. The number of aryl methyl sites for hydroxylation is 1. The molecule has 1 amide bonds. The highest BCUT2D eigenvalue weighted by molar-refractivity contribution is 8.00. The Balaban J connectivity index is 1.67. The van der Waals surface area contributed by atoms with E-state index in [2.05, 4.69) is 20.9 Å². The molecule has 0 radical (unpaired) electrons. The molecule has 0 saturated heterocycles. The summed E-state index contributed by atoms with van der Waals surface area (Å²) in [7, 11) is 1.60. The van der Waals surface area contributed by atoms with Crippen molar-refractivity contribution in [2.75, 3.05) is 17.9 Å². The van der Waals surface area contributed by atoms with Crippen molar-refractivity contribution in [2.24, 2.45) is 0 Å². The molecule has 0 bridgehead atoms. The van der Waals surface area contributed by atoms with Crippen LogP contribution in [0.4, 0.5) is 10.1 Å². The fourth-order valence-corrected chi connectivity index (χ4v) is 4.11. The maximum Gasteiger partial charge on any atom is 0.240 e. The number of methoxy groups -OCH3 is 1. The molecule has 0 aliphatic carbocycles. The third-order valence-electron chi connectivity index (χ3n) is 4.46. The number of benzene rings is 2. The minimum absolute atomic E-state index is 0.143. The van der Waals surface area contributed by atoms with Crippen LogP contribution in [0.25, 0.3) is 0 Å². The summed E-state index contributed by atoms with van der Waals surface area (Å²) in [6.45, 7) is 1.83. The van der Waals surface area contributed by atoms with Crippen molar-refractivity contribution in [3.05, 3.63) is 65.7 Å². The zero-order valence-corrected chi connectivity index (χ0v) is 16.0. The molecule has 4 rings (SSSR count). The molecular formula is C19H18FN5O2S. The number of ether oxygens (including phenoxy) is 1. The summed E-state index contributed by atoms with van der Waals surface area (Å²) >= 11 is 1.29. The Hall–Kier alpha value is -3.07. The number of nitrogens with zero attached hydrogens (tertiary/aromatic N) is 3. The van der Waals surface area contributed by atoms with E-state index >= 15 is 0 Å². The van der Waals surface area contributed by atoms with Gasteiger partial charge in [0.15, 0.2) is 0 Å². The summed E-state index contributed by atoms with van der Waals surface area (Å²) in [5, 5.41) is 10.9. The standard InChI is InChI=1S/C19H18FN5O2S/c1-11-22-23-19-25(11)24-16(12-7-9-13(27-2)10-8-12)17(28-19)18(26)21-15-6-4-3-5-14(15)20/h3-10,16-17,24H,1-2H3,(H,21,26)/t16-,17-/m0/s1. The fraction of sp³-hybridized carbons (Fsp3) is 0.211. The number of para-hydroxylation sites is 1. The summed E-state index contributed by atoms with van der Waals surface area (Å²) in [6, 6.07) is 13.2. The molecule has 0 unspecified atom stereocenters. The van der Waals surface area contributed by atoms with E-state index in [9.17, 15) is 9.18 Å². The zero-order valence-electron chi connectivity index (χ0n) is 15.2. The molecule has 2 N–H and O–H groups in total. The first-order chi connectivity index (χ1) is 13.6. The van der Waals surface area contributed by atoms with Gasteiger partial charge in [-0.1, -0.05) is 36.0 Å². The molecule has 7 nitrogen and oxygen atoms in total. The van der Waals surface area contributed by atoms with Gasteiger partial charge in [0.1, 0.15) is 22.6 Å². The van der Waals surface area contributed by atoms with Crippen molar-refractivity contribution in [3.63, 3.8) is 0 Å². The molecule has 28 heavy (non-hydrogen) atoms. The van der Waals surface area contributed by atoms with Crippen molar-refractivity contribution < 1.29 is 13.9 Å². The van der Waals surface area contributed by atoms with Gasteiger partial charge >= 0.3 is 0 Å². The van der Waals surface area contributed by atoms with Crippen molar-refractivity contribution in [1.82, 2.24) is 14.9 Å². The molecule has 3 aromatic rings. The van der Waals surface area contributed by atoms with Crippen LogP contribution in [0.3, 0.4) is 0 Å². The van der Waals surface area contributed by atoms with Crippen LogP contribution in [0.1, 0.15) is 17.4 Å². The minimum atomic E-state index is -0.580. The highest BCUT2D eigenvalue weighted by Gasteiger charge is 2.37. The Kier molecular flexibility index (Phi) is 4.91. The van der Waals surface area contributed by atoms with Crippen LogP contribution in [0, 0.1) is 12.7 Å². The maximum absolute atomic E-state index is 14.0. The van der Waals surface area contributed by atoms with Crippen molar-refractivity contribution in [3.8, 4) is 5.75 Å². The van der Waals surface area contributed by atoms with Gasteiger partial charge in [0.25, 0.3) is 0 Å². The highest BCUT2D eigenvalue weighted by Crippen LogP contribution is 2.38. The van der Waals surface area contributed by atoms with E-state index in [1.165, 1.54) is 23.9 Å². The number of halogens is 1. The molecule has 2 atom stereocenters. The van der Waals surface area contributed by atoms with Crippen molar-refractivity contribution in [2.45, 2.75) is 23.4 Å². The van der Waals surface area contributed by atoms with Gasteiger partial charge in [-0.05, 0) is 36.8 Å². The Morgan fingerprint density at radius 2 is 1.96 bits per heavy atom. The smallest absolute Gasteiger partial charge is 0.240 e. The average Bonchev–Trinajstić information content (AvgIpc) is 3.09. The molecule has 9 heteroatoms. The molecule has 144 valence electrons. The predicted molar refractivity (Wildman–Crippen MR) is 105 cm³/mol. The molecule has 0 spiro atoms. The first-order valence-electron chi connectivity index (χ1n) is 8.61. The van der Waals surface area contributed by atoms with E-state index < -0.39 is 11.1 Å². The van der Waals surface area contributed by atoms with Crippen molar-refractivity contribution in [1.29, 1.82) is 0 Å². The number of hydrogen-bond donors (Lipinski definition) is 2. The van der Waals surface area contributed by atoms with Gasteiger partial charge in [-0.2, -0.15) is 0 Å². The Labute approximate surface area is 165 Å². The third-order valence-corrected chi connectivity index (χ3v) is 5.68. The lowest BCUT2D eigenvalue weighted by atomic mass is 10.0. The number of amides is 1. The average molecular weight is 399 g/mol. The van der Waals surface area contributed by atoms with E-state index in [0.717, 1.165) is 11.3 Å². The van der Waals surface area contributed by atoms with E-state index in [0.29, 0.717) is 11.0 Å². The Bertz CT molecular complexity index is 1010. The second kappa shape index (κ2) is 7.51. The van der Waals surface area contributed by atoms with Crippen LogP contribution < -0.4 is 15.5 Å². The van der Waals surface area contributed by atoms with Gasteiger partial charge in [-0.15, -0.1) is 10.2 Å². The summed E-state index contributed by atoms with van der Waals surface area (Å²) in [4.78, 5) is 13.0. The van der Waals surface area contributed by atoms with Crippen LogP contribution >= 0.6 is 11.8 Å². The van der Waals surface area contributed by atoms with Crippen LogP contribution in [-0.4, -0.2) is 33.1 Å². The third kappa shape index (κ3) is 3.40. The molecule has 0 fully saturated rings. The molecule has 1 aromatic heterocycles. The lowest BCUT2D eigenvalue weighted by Crippen LogP contribution is -2.41. The van der Waals surface area contributed by atoms with E-state index in [4.69, 9.17) is 4.74 Å². The zero-order chi connectivity index (χ0) is 19.7. The Morgan fingerprint density at radius 3 is 2.68 bits per heavy atom. The van der Waals surface area contributed by atoms with Gasteiger partial charge in [0.2, 0.25) is 11.1 Å². The largest absolute Gasteiger partial charge is 0.497 e. The van der Waals surface area contributed by atoms with Gasteiger partial charge in [0.05, 0.1) is 18.8 Å². The first-order valence-corrected chi connectivity index (χ1v) is 9.49. The summed E-state index contributed by atoms with van der Waals surface area (Å²) in [5.74, 6) is 0.606. The predicted octanol–water partition coefficient (Wildman–Crippen LogP) is 3.13. The summed E-state index contributed by atoms with van der Waals surface area (Å²) in [5.41, 5.74) is 4.34. The maximum atomic E-state index is 14.0. The molecule has 2 heterocycles. The molecule has 2 aromatic carbocycles. The van der Waals surface area contributed by atoms with Crippen LogP contribution in [-0.2, 0) is 4.79 Å². The van der Waals surface area contributed by atoms with E-state index in [1.54, 1.807) is 23.9 Å². The number of rotatable bonds is 4. The second-order valence-corrected chi connectivity index (χ2v) is 7.36. The minimum Gasteiger partial charge on any atom is -0.497 e. The monoisotopic (exact) mass is 399 g/mol. The number of anilines is 1. The summed E-state index contributed by atoms with van der Waals surface area (Å²) < 4.78 is 21.0. The van der Waals surface area contributed by atoms with Gasteiger partial charge in [0, 0.05) is 0 Å². The summed E-state index contributed by atoms with van der Waals surface area (Å²) in [6.07, 6.45) is 0. The number of carbonyl (C=O) groups excluding carboxylic acids is 1. The SMILES string of the molecule is COc1ccc([C@@H]2Nn3c(C)nnc3S[C@@H]2C(=O)Nc2ccccc2F)cc1. The van der Waals surface area contributed by atoms with Crippen molar-refractivity contribution >= 4 is 23.4 Å². The fourth-order valence-electron chi connectivity index (χ4n) is 2.99. The van der Waals surface area contributed by atoms with Gasteiger partial charge in [-0.3, -0.25) is 4.79 Å². The van der Waals surface area contributed by atoms with Crippen LogP contribution in [0.15, 0.2) is 53.7 Å². The number of carbonyl (C=O) groups is 1. The van der Waals surface area contributed by atoms with Gasteiger partial charge < -0.3 is 15.5 Å². The quantitative estimate of drug-likeness (QED) is 0.702. The number of hydrogen-bond acceptors (Lipinski definition) is 6. The lowest BCUT2D eigenvalue weighted by molar-refractivity contribution is -0.116. The first kappa shape index (κ1) is 18.3. The molecule has 0 saturated carbocycles. The molecular weight excluding hydrogens is 381 g/mol. The second-order valence-electron chi connectivity index (χ2n) is 6.25. The lowest BCUT2D eigenvalue weighted by Gasteiger charge is -2.32. The molecule has 1 aliphatic heterocycles. The number of thioether (sulfide) groups is 1. The van der Waals surface area contributed by atoms with Crippen LogP contribution in [0.2, 0.25) is 0 Å². The normalized spacial score (nSPS) is 18.1. The topological polar surface area (TPSA) is 81.1 Å². The Morgan fingerprint density at radius 1 is 1.21 bits per heavy atom. The molecule has 1 aliphatic rings. The number of aromatic nitrogens is 3. The van der Waals surface area contributed by atoms with E-state index in [1.807, 2.05) is 31.2 Å². The van der Waals surface area contributed by atoms with Gasteiger partial charge in [-0.25, -0.2) is 9.07 Å². The highest BCUT2D eigenvalue weighted by atomic mass is 32.2. The van der Waals surface area contributed by atoms with E-state index in [-0.39, 0.29) is 17.6 Å². The van der Waals surface area contributed by atoms with Crippen LogP contribution in [0.5, 0.6) is 5.75 Å². The number of fused-ring (bicyclic) bond motifs is 1.